The van der Waals surface area contributed by atoms with Gasteiger partial charge < -0.3 is 14.2 Å². The molecule has 0 aliphatic carbocycles. The van der Waals surface area contributed by atoms with E-state index in [0.717, 1.165) is 0 Å². The molecule has 0 aliphatic heterocycles. The van der Waals surface area contributed by atoms with Crippen LogP contribution >= 0.6 is 0 Å². The van der Waals surface area contributed by atoms with Crippen molar-refractivity contribution in [2.75, 3.05) is 7.11 Å². The highest BCUT2D eigenvalue weighted by atomic mass is 19.3. The molecule has 7 heteroatoms. The van der Waals surface area contributed by atoms with E-state index in [1.807, 2.05) is 0 Å². The minimum Gasteiger partial charge on any atom is -0.493 e. The lowest BCUT2D eigenvalue weighted by molar-refractivity contribution is -0.0512. The van der Waals surface area contributed by atoms with E-state index in [1.54, 1.807) is 30.3 Å². The average Bonchev–Trinajstić information content (AvgIpc) is 2.61. The van der Waals surface area contributed by atoms with Gasteiger partial charge in [0, 0.05) is 5.56 Å². The van der Waals surface area contributed by atoms with Crippen molar-refractivity contribution in [2.24, 2.45) is 0 Å². The van der Waals surface area contributed by atoms with Crippen molar-refractivity contribution in [2.45, 2.75) is 19.6 Å². The van der Waals surface area contributed by atoms with Crippen LogP contribution in [-0.2, 0) is 4.74 Å². The smallest absolute Gasteiger partial charge is 0.387 e. The fourth-order valence-electron chi connectivity index (χ4n) is 2.11. The van der Waals surface area contributed by atoms with Gasteiger partial charge in [0.1, 0.15) is 0 Å². The number of alkyl halides is 2. The number of halogens is 2. The van der Waals surface area contributed by atoms with Crippen LogP contribution in [-0.4, -0.2) is 31.6 Å². The molecule has 25 heavy (non-hydrogen) atoms. The van der Waals surface area contributed by atoms with Gasteiger partial charge in [-0.2, -0.15) is 8.78 Å². The molecular weight excluding hydrogens is 334 g/mol. The Morgan fingerprint density at radius 3 is 2.24 bits per heavy atom. The first-order chi connectivity index (χ1) is 11.9. The number of Topliss-reactive ketones (excluding diaryl/α,β-unsaturated/α-hetero) is 1. The van der Waals surface area contributed by atoms with Gasteiger partial charge in [-0.3, -0.25) is 4.79 Å². The first kappa shape index (κ1) is 18.4. The van der Waals surface area contributed by atoms with E-state index >= 15 is 0 Å². The normalized spacial score (nSPS) is 11.7. The van der Waals surface area contributed by atoms with Crippen molar-refractivity contribution in [1.82, 2.24) is 0 Å². The Morgan fingerprint density at radius 2 is 1.64 bits per heavy atom. The summed E-state index contributed by atoms with van der Waals surface area (Å²) in [4.78, 5) is 24.4. The first-order valence-electron chi connectivity index (χ1n) is 7.35. The zero-order valence-electron chi connectivity index (χ0n) is 13.6. The Bertz CT molecular complexity index is 746. The van der Waals surface area contributed by atoms with Gasteiger partial charge in [0.25, 0.3) is 0 Å². The van der Waals surface area contributed by atoms with Crippen molar-refractivity contribution in [3.05, 3.63) is 59.7 Å². The molecule has 0 radical (unpaired) electrons. The quantitative estimate of drug-likeness (QED) is 0.562. The number of ether oxygens (including phenoxy) is 3. The molecule has 2 rings (SSSR count). The summed E-state index contributed by atoms with van der Waals surface area (Å²) in [5, 5.41) is 0. The van der Waals surface area contributed by atoms with E-state index in [-0.39, 0.29) is 22.8 Å². The molecule has 0 saturated heterocycles. The number of hydrogen-bond donors (Lipinski definition) is 0. The highest BCUT2D eigenvalue weighted by Gasteiger charge is 2.21. The summed E-state index contributed by atoms with van der Waals surface area (Å²) in [7, 11) is 1.25. The summed E-state index contributed by atoms with van der Waals surface area (Å²) in [5.74, 6) is -1.38. The fraction of sp³-hybridized carbons (Fsp3) is 0.222. The van der Waals surface area contributed by atoms with Crippen molar-refractivity contribution in [3.63, 3.8) is 0 Å². The average molecular weight is 350 g/mol. The molecule has 0 aromatic heterocycles. The third-order valence-electron chi connectivity index (χ3n) is 3.33. The maximum atomic E-state index is 12.3. The van der Waals surface area contributed by atoms with Crippen LogP contribution in [0.3, 0.4) is 0 Å². The van der Waals surface area contributed by atoms with Gasteiger partial charge in [-0.25, -0.2) is 4.79 Å². The van der Waals surface area contributed by atoms with Crippen LogP contribution in [0.5, 0.6) is 11.5 Å². The molecule has 0 heterocycles. The Morgan fingerprint density at radius 1 is 0.960 bits per heavy atom. The van der Waals surface area contributed by atoms with Crippen LogP contribution < -0.4 is 9.47 Å². The van der Waals surface area contributed by atoms with Crippen molar-refractivity contribution < 1.29 is 32.6 Å². The number of benzene rings is 2. The third kappa shape index (κ3) is 4.76. The Balaban J connectivity index is 2.11. The van der Waals surface area contributed by atoms with Gasteiger partial charge >= 0.3 is 12.6 Å². The molecule has 0 saturated carbocycles. The van der Waals surface area contributed by atoms with Crippen molar-refractivity contribution in [3.8, 4) is 11.5 Å². The van der Waals surface area contributed by atoms with Crippen LogP contribution in [0.1, 0.15) is 27.6 Å². The predicted octanol–water partition coefficient (Wildman–Crippen LogP) is 3.72. The minimum absolute atomic E-state index is 0.0446. The van der Waals surface area contributed by atoms with Crippen LogP contribution in [0.25, 0.3) is 0 Å². The zero-order chi connectivity index (χ0) is 18.4. The fourth-order valence-corrected chi connectivity index (χ4v) is 2.11. The number of carbonyl (C=O) groups is 2. The highest BCUT2D eigenvalue weighted by Crippen LogP contribution is 2.29. The second-order valence-corrected chi connectivity index (χ2v) is 5.02. The van der Waals surface area contributed by atoms with E-state index in [9.17, 15) is 18.4 Å². The molecule has 132 valence electrons. The molecular formula is C18H16F2O5. The highest BCUT2D eigenvalue weighted by molar-refractivity contribution is 6.01. The molecule has 1 unspecified atom stereocenters. The first-order valence-corrected chi connectivity index (χ1v) is 7.35. The van der Waals surface area contributed by atoms with Crippen molar-refractivity contribution in [1.29, 1.82) is 0 Å². The van der Waals surface area contributed by atoms with Gasteiger partial charge in [0.2, 0.25) is 5.78 Å². The van der Waals surface area contributed by atoms with Crippen LogP contribution in [0.15, 0.2) is 48.5 Å². The van der Waals surface area contributed by atoms with E-state index in [0.29, 0.717) is 5.56 Å². The molecule has 0 aliphatic rings. The molecule has 2 aromatic carbocycles. The summed E-state index contributed by atoms with van der Waals surface area (Å²) in [6.45, 7) is -1.56. The zero-order valence-corrected chi connectivity index (χ0v) is 13.6. The SMILES string of the molecule is COc1cc(C(=O)OC(C)C(=O)c2ccccc2)ccc1OC(F)F. The maximum Gasteiger partial charge on any atom is 0.387 e. The Kier molecular flexibility index (Phi) is 6.05. The van der Waals surface area contributed by atoms with Crippen LogP contribution in [0.4, 0.5) is 8.78 Å². The second-order valence-electron chi connectivity index (χ2n) is 5.02. The summed E-state index contributed by atoms with van der Waals surface area (Å²) >= 11 is 0. The third-order valence-corrected chi connectivity index (χ3v) is 3.33. The van der Waals surface area contributed by atoms with Gasteiger partial charge in [-0.15, -0.1) is 0 Å². The number of methoxy groups -OCH3 is 1. The van der Waals surface area contributed by atoms with Gasteiger partial charge in [0.05, 0.1) is 12.7 Å². The van der Waals surface area contributed by atoms with E-state index in [1.165, 1.54) is 32.2 Å². The molecule has 0 N–H and O–H groups in total. The molecule has 0 fully saturated rings. The maximum absolute atomic E-state index is 12.3. The van der Waals surface area contributed by atoms with Crippen LogP contribution in [0.2, 0.25) is 0 Å². The van der Waals surface area contributed by atoms with Crippen LogP contribution in [0, 0.1) is 0 Å². The largest absolute Gasteiger partial charge is 0.493 e. The number of esters is 1. The van der Waals surface area contributed by atoms with Crippen molar-refractivity contribution >= 4 is 11.8 Å². The summed E-state index contributed by atoms with van der Waals surface area (Å²) < 4.78 is 39.0. The summed E-state index contributed by atoms with van der Waals surface area (Å²) in [5.41, 5.74) is 0.465. The monoisotopic (exact) mass is 350 g/mol. The lowest BCUT2D eigenvalue weighted by Crippen LogP contribution is -2.24. The number of ketones is 1. The Hall–Kier alpha value is -2.96. The summed E-state index contributed by atoms with van der Waals surface area (Å²) in [6.07, 6.45) is -1.00. The topological polar surface area (TPSA) is 61.8 Å². The number of carbonyl (C=O) groups excluding carboxylic acids is 2. The lowest BCUT2D eigenvalue weighted by atomic mass is 10.1. The second kappa shape index (κ2) is 8.23. The number of hydrogen-bond acceptors (Lipinski definition) is 5. The van der Waals surface area contributed by atoms with Gasteiger partial charge in [-0.1, -0.05) is 30.3 Å². The minimum atomic E-state index is -3.02. The standard InChI is InChI=1S/C18H16F2O5/c1-11(16(21)12-6-4-3-5-7-12)24-17(22)13-8-9-14(25-18(19)20)15(10-13)23-2/h3-11,18H,1-2H3. The molecule has 5 nitrogen and oxygen atoms in total. The molecule has 0 bridgehead atoms. The van der Waals surface area contributed by atoms with Gasteiger partial charge in [-0.05, 0) is 25.1 Å². The predicted molar refractivity (Wildman–Crippen MR) is 85.3 cm³/mol. The Labute approximate surface area is 143 Å². The molecule has 1 atom stereocenters. The molecule has 0 amide bonds. The van der Waals surface area contributed by atoms with E-state index in [2.05, 4.69) is 4.74 Å². The summed E-state index contributed by atoms with van der Waals surface area (Å²) in [6, 6.07) is 12.0. The molecule has 2 aromatic rings. The molecule has 0 spiro atoms. The van der Waals surface area contributed by atoms with E-state index in [4.69, 9.17) is 9.47 Å². The lowest BCUT2D eigenvalue weighted by Gasteiger charge is -2.14. The number of rotatable bonds is 7. The van der Waals surface area contributed by atoms with Gasteiger partial charge in [0.15, 0.2) is 17.6 Å². The van der Waals surface area contributed by atoms with E-state index < -0.39 is 18.7 Å².